The van der Waals surface area contributed by atoms with Crippen LogP contribution in [0, 0.1) is 12.7 Å². The number of pyridine rings is 1. The lowest BCUT2D eigenvalue weighted by Gasteiger charge is -2.12. The fraction of sp³-hybridized carbons (Fsp3) is 0.208. The van der Waals surface area contributed by atoms with Crippen molar-refractivity contribution in [2.24, 2.45) is 0 Å². The van der Waals surface area contributed by atoms with Crippen molar-refractivity contribution in [2.75, 3.05) is 13.1 Å². The van der Waals surface area contributed by atoms with E-state index in [-0.39, 0.29) is 36.6 Å². The number of benzene rings is 1. The van der Waals surface area contributed by atoms with Gasteiger partial charge in [0.2, 0.25) is 5.43 Å². The summed E-state index contributed by atoms with van der Waals surface area (Å²) in [5, 5.41) is 5.25. The number of carbonyl (C=O) groups excluding carboxylic acids is 2. The molecule has 0 saturated carbocycles. The molecule has 3 aromatic rings. The molecule has 2 N–H and O–H groups in total. The summed E-state index contributed by atoms with van der Waals surface area (Å²) in [7, 11) is 0. The van der Waals surface area contributed by atoms with Gasteiger partial charge < -0.3 is 19.6 Å². The molecule has 166 valence electrons. The Bertz CT molecular complexity index is 1180. The van der Waals surface area contributed by atoms with E-state index in [0.29, 0.717) is 12.2 Å². The molecule has 32 heavy (non-hydrogen) atoms. The Kier molecular flexibility index (Phi) is 7.38. The fourth-order valence-electron chi connectivity index (χ4n) is 3.12. The molecule has 1 aromatic carbocycles. The summed E-state index contributed by atoms with van der Waals surface area (Å²) >= 11 is 0. The van der Waals surface area contributed by atoms with Crippen LogP contribution in [0.2, 0.25) is 0 Å². The van der Waals surface area contributed by atoms with Crippen LogP contribution in [-0.2, 0) is 13.0 Å². The lowest BCUT2D eigenvalue weighted by atomic mass is 10.1. The average Bonchev–Trinajstić information content (AvgIpc) is 3.18. The predicted molar refractivity (Wildman–Crippen MR) is 118 cm³/mol. The number of aryl methyl sites for hydroxylation is 1. The van der Waals surface area contributed by atoms with Crippen LogP contribution in [0.15, 0.2) is 70.7 Å². The van der Waals surface area contributed by atoms with Crippen molar-refractivity contribution in [1.29, 1.82) is 0 Å². The number of rotatable bonds is 9. The molecule has 0 saturated heterocycles. The van der Waals surface area contributed by atoms with Gasteiger partial charge in [0, 0.05) is 25.5 Å². The molecule has 0 spiro atoms. The van der Waals surface area contributed by atoms with E-state index < -0.39 is 17.2 Å². The molecule has 2 heterocycles. The zero-order valence-electron chi connectivity index (χ0n) is 17.7. The molecule has 0 aliphatic rings. The second-order valence-electron chi connectivity index (χ2n) is 7.23. The van der Waals surface area contributed by atoms with E-state index in [0.717, 1.165) is 11.3 Å². The third kappa shape index (κ3) is 5.81. The van der Waals surface area contributed by atoms with Crippen LogP contribution in [0.1, 0.15) is 37.8 Å². The zero-order chi connectivity index (χ0) is 23.1. The third-order valence-electron chi connectivity index (χ3n) is 4.72. The molecule has 7 nitrogen and oxygen atoms in total. The van der Waals surface area contributed by atoms with Crippen molar-refractivity contribution < 1.29 is 18.4 Å². The maximum atomic E-state index is 13.0. The van der Waals surface area contributed by atoms with E-state index in [1.54, 1.807) is 28.8 Å². The van der Waals surface area contributed by atoms with Gasteiger partial charge in [-0.05, 0) is 43.2 Å². The number of amides is 2. The van der Waals surface area contributed by atoms with Gasteiger partial charge in [0.1, 0.15) is 28.5 Å². The van der Waals surface area contributed by atoms with Gasteiger partial charge in [-0.2, -0.15) is 0 Å². The van der Waals surface area contributed by atoms with Gasteiger partial charge >= 0.3 is 0 Å². The first-order valence-electron chi connectivity index (χ1n) is 10.1. The Morgan fingerprint density at radius 3 is 2.31 bits per heavy atom. The van der Waals surface area contributed by atoms with Crippen LogP contribution in [-0.4, -0.2) is 29.5 Å². The number of nitrogens with one attached hydrogen (secondary N) is 2. The summed E-state index contributed by atoms with van der Waals surface area (Å²) < 4.78 is 20.2. The van der Waals surface area contributed by atoms with Gasteiger partial charge in [0.15, 0.2) is 0 Å². The number of furan rings is 1. The minimum atomic E-state index is -0.669. The molecule has 0 fully saturated rings. The largest absolute Gasteiger partial charge is 0.464 e. The summed E-state index contributed by atoms with van der Waals surface area (Å²) in [6, 6.07) is 9.54. The Morgan fingerprint density at radius 1 is 1.06 bits per heavy atom. The van der Waals surface area contributed by atoms with Crippen molar-refractivity contribution in [3.8, 4) is 0 Å². The van der Waals surface area contributed by atoms with Gasteiger partial charge in [0.05, 0.1) is 6.54 Å². The van der Waals surface area contributed by atoms with Crippen molar-refractivity contribution >= 4 is 11.8 Å². The highest BCUT2D eigenvalue weighted by atomic mass is 19.1. The zero-order valence-corrected chi connectivity index (χ0v) is 17.7. The van der Waals surface area contributed by atoms with E-state index in [1.807, 2.05) is 6.92 Å². The first-order chi connectivity index (χ1) is 15.4. The molecular weight excluding hydrogens is 413 g/mol. The predicted octanol–water partition coefficient (Wildman–Crippen LogP) is 2.83. The van der Waals surface area contributed by atoms with Crippen LogP contribution in [0.4, 0.5) is 4.39 Å². The van der Waals surface area contributed by atoms with E-state index in [9.17, 15) is 18.8 Å². The van der Waals surface area contributed by atoms with Gasteiger partial charge in [-0.3, -0.25) is 14.4 Å². The van der Waals surface area contributed by atoms with Gasteiger partial charge in [-0.15, -0.1) is 6.58 Å². The van der Waals surface area contributed by atoms with Crippen LogP contribution in [0.3, 0.4) is 0 Å². The molecule has 0 atom stereocenters. The highest BCUT2D eigenvalue weighted by Crippen LogP contribution is 2.10. The minimum Gasteiger partial charge on any atom is -0.464 e. The Morgan fingerprint density at radius 2 is 1.72 bits per heavy atom. The Labute approximate surface area is 184 Å². The van der Waals surface area contributed by atoms with Crippen molar-refractivity contribution in [3.63, 3.8) is 0 Å². The molecule has 0 unspecified atom stereocenters. The van der Waals surface area contributed by atoms with E-state index in [4.69, 9.17) is 4.42 Å². The van der Waals surface area contributed by atoms with E-state index in [1.165, 1.54) is 30.6 Å². The molecule has 2 aromatic heterocycles. The van der Waals surface area contributed by atoms with Crippen molar-refractivity contribution in [2.45, 2.75) is 19.9 Å². The second-order valence-corrected chi connectivity index (χ2v) is 7.23. The number of halogens is 1. The van der Waals surface area contributed by atoms with E-state index in [2.05, 4.69) is 17.2 Å². The summed E-state index contributed by atoms with van der Waals surface area (Å²) in [5.74, 6) is -0.188. The minimum absolute atomic E-state index is 0.152. The van der Waals surface area contributed by atoms with Crippen LogP contribution < -0.4 is 16.1 Å². The lowest BCUT2D eigenvalue weighted by Crippen LogP contribution is -2.36. The van der Waals surface area contributed by atoms with Gasteiger partial charge in [0.25, 0.3) is 11.8 Å². The Balaban J connectivity index is 1.82. The summed E-state index contributed by atoms with van der Waals surface area (Å²) in [6.07, 6.45) is 4.76. The third-order valence-corrected chi connectivity index (χ3v) is 4.72. The molecule has 3 rings (SSSR count). The average molecular weight is 437 g/mol. The summed E-state index contributed by atoms with van der Waals surface area (Å²) in [5.41, 5.74) is -0.132. The molecule has 8 heteroatoms. The molecule has 0 bridgehead atoms. The molecule has 2 amide bonds. The first-order valence-corrected chi connectivity index (χ1v) is 10.1. The van der Waals surface area contributed by atoms with Crippen LogP contribution in [0.5, 0.6) is 0 Å². The smallest absolute Gasteiger partial charge is 0.257 e. The standard InChI is InChI=1S/C24H24FN3O4/c1-3-11-26-23(30)20-14-28(13-19-9-4-16(2)32-19)15-21(22(20)29)24(31)27-12-10-17-5-7-18(25)8-6-17/h3-9,14-15H,1,10-13H2,2H3,(H,26,30)(H,27,31). The number of carbonyl (C=O) groups is 2. The normalized spacial score (nSPS) is 10.6. The van der Waals surface area contributed by atoms with Crippen LogP contribution in [0.25, 0.3) is 0 Å². The lowest BCUT2D eigenvalue weighted by molar-refractivity contribution is 0.0952. The van der Waals surface area contributed by atoms with Crippen molar-refractivity contribution in [1.82, 2.24) is 15.2 Å². The second kappa shape index (κ2) is 10.4. The Hall–Kier alpha value is -3.94. The molecule has 0 aliphatic heterocycles. The highest BCUT2D eigenvalue weighted by molar-refractivity contribution is 5.99. The highest BCUT2D eigenvalue weighted by Gasteiger charge is 2.19. The number of hydrogen-bond donors (Lipinski definition) is 2. The maximum Gasteiger partial charge on any atom is 0.257 e. The summed E-state index contributed by atoms with van der Waals surface area (Å²) in [6.45, 7) is 6.02. The number of nitrogens with zero attached hydrogens (tertiary/aromatic N) is 1. The SMILES string of the molecule is C=CCNC(=O)c1cn(Cc2ccc(C)o2)cc(C(=O)NCCc2ccc(F)cc2)c1=O. The van der Waals surface area contributed by atoms with Gasteiger partial charge in [-0.25, -0.2) is 4.39 Å². The molecular formula is C24H24FN3O4. The monoisotopic (exact) mass is 437 g/mol. The fourth-order valence-corrected chi connectivity index (χ4v) is 3.12. The van der Waals surface area contributed by atoms with Crippen molar-refractivity contribution in [3.05, 3.63) is 106 Å². The summed E-state index contributed by atoms with van der Waals surface area (Å²) in [4.78, 5) is 38.1. The number of hydrogen-bond acceptors (Lipinski definition) is 4. The maximum absolute atomic E-state index is 13.0. The van der Waals surface area contributed by atoms with Gasteiger partial charge in [-0.1, -0.05) is 18.2 Å². The topological polar surface area (TPSA) is 93.3 Å². The number of aromatic nitrogens is 1. The molecule has 0 radical (unpaired) electrons. The first kappa shape index (κ1) is 22.7. The molecule has 0 aliphatic carbocycles. The van der Waals surface area contributed by atoms with Crippen LogP contribution >= 0.6 is 0 Å². The quantitative estimate of drug-likeness (QED) is 0.504. The van der Waals surface area contributed by atoms with E-state index >= 15 is 0 Å².